The van der Waals surface area contributed by atoms with E-state index in [9.17, 15) is 13.2 Å². The lowest BCUT2D eigenvalue weighted by Crippen LogP contribution is -2.37. The number of anilines is 1. The number of hydrogen-bond donors (Lipinski definition) is 0. The number of nitrogens with zero attached hydrogens (tertiary/aromatic N) is 2. The fourth-order valence-electron chi connectivity index (χ4n) is 3.39. The largest absolute Gasteiger partial charge is 0.316 e. The number of benzene rings is 2. The van der Waals surface area contributed by atoms with Gasteiger partial charge < -0.3 is 4.90 Å². The normalized spacial score (nSPS) is 24.5. The van der Waals surface area contributed by atoms with Crippen LogP contribution in [0.3, 0.4) is 0 Å². The van der Waals surface area contributed by atoms with Gasteiger partial charge in [-0.3, -0.25) is 4.79 Å². The molecule has 0 radical (unpaired) electrons. The van der Waals surface area contributed by atoms with E-state index in [-0.39, 0.29) is 35.1 Å². The van der Waals surface area contributed by atoms with Crippen molar-refractivity contribution < 1.29 is 13.2 Å². The second-order valence-corrected chi connectivity index (χ2v) is 11.0. The van der Waals surface area contributed by atoms with Crippen molar-refractivity contribution in [3.05, 3.63) is 64.1 Å². The highest BCUT2D eigenvalue weighted by Gasteiger charge is 2.49. The summed E-state index contributed by atoms with van der Waals surface area (Å²) < 4.78 is 24.2. The molecule has 2 fully saturated rings. The van der Waals surface area contributed by atoms with Crippen molar-refractivity contribution in [2.45, 2.75) is 17.7 Å². The molecule has 28 heavy (non-hydrogen) atoms. The van der Waals surface area contributed by atoms with Gasteiger partial charge >= 0.3 is 0 Å². The average molecular weight is 455 g/mol. The summed E-state index contributed by atoms with van der Waals surface area (Å²) in [6.07, 6.45) is 0.156. The number of amidine groups is 1. The second kappa shape index (κ2) is 7.71. The molecule has 0 unspecified atom stereocenters. The van der Waals surface area contributed by atoms with Crippen molar-refractivity contribution >= 4 is 61.6 Å². The minimum Gasteiger partial charge on any atom is -0.316 e. The van der Waals surface area contributed by atoms with Gasteiger partial charge in [-0.1, -0.05) is 47.1 Å². The van der Waals surface area contributed by atoms with E-state index < -0.39 is 9.84 Å². The van der Waals surface area contributed by atoms with Crippen molar-refractivity contribution in [1.29, 1.82) is 0 Å². The van der Waals surface area contributed by atoms with Crippen LogP contribution in [0.1, 0.15) is 5.56 Å². The van der Waals surface area contributed by atoms with Gasteiger partial charge in [0.2, 0.25) is 0 Å². The number of rotatable bonds is 3. The second-order valence-electron chi connectivity index (χ2n) is 6.74. The van der Waals surface area contributed by atoms with Gasteiger partial charge in [0.05, 0.1) is 24.0 Å². The van der Waals surface area contributed by atoms with Crippen molar-refractivity contribution in [3.8, 4) is 0 Å². The van der Waals surface area contributed by atoms with E-state index in [1.54, 1.807) is 36.4 Å². The van der Waals surface area contributed by atoms with Crippen molar-refractivity contribution in [2.24, 2.45) is 4.99 Å². The molecule has 2 saturated heterocycles. The summed E-state index contributed by atoms with van der Waals surface area (Å²) in [6.45, 7) is 0. The maximum absolute atomic E-state index is 12.5. The predicted octanol–water partition coefficient (Wildman–Crippen LogP) is 3.84. The molecule has 0 bridgehead atoms. The molecule has 9 heteroatoms. The average Bonchev–Trinajstić information content (AvgIpc) is 3.09. The molecule has 0 aliphatic carbocycles. The first-order valence-corrected chi connectivity index (χ1v) is 12.0. The molecule has 0 spiro atoms. The van der Waals surface area contributed by atoms with Crippen molar-refractivity contribution in [3.63, 3.8) is 0 Å². The lowest BCUT2D eigenvalue weighted by molar-refractivity contribution is -0.117. The zero-order valence-electron chi connectivity index (χ0n) is 14.6. The summed E-state index contributed by atoms with van der Waals surface area (Å²) in [5, 5.41) is 1.59. The quantitative estimate of drug-likeness (QED) is 0.704. The van der Waals surface area contributed by atoms with Crippen molar-refractivity contribution in [2.75, 3.05) is 16.4 Å². The standard InChI is InChI=1S/C19H16Cl2N2O3S2/c20-13-3-1-12(2-4-13)9-18(24)22-19-23(15-7-5-14(21)6-8-15)16-10-28(25,26)11-17(16)27-19/h1-8,16-17H,9-11H2/t16-,17+/m0/s1. The number of hydrogen-bond acceptors (Lipinski definition) is 4. The summed E-state index contributed by atoms with van der Waals surface area (Å²) in [4.78, 5) is 18.7. The molecule has 2 aliphatic rings. The van der Waals surface area contributed by atoms with E-state index in [4.69, 9.17) is 23.2 Å². The molecule has 5 nitrogen and oxygen atoms in total. The summed E-state index contributed by atoms with van der Waals surface area (Å²) >= 11 is 13.2. The Hall–Kier alpha value is -1.54. The molecule has 146 valence electrons. The summed E-state index contributed by atoms with van der Waals surface area (Å²) in [7, 11) is -3.10. The Labute approximate surface area is 177 Å². The zero-order valence-corrected chi connectivity index (χ0v) is 17.7. The third kappa shape index (κ3) is 4.22. The molecule has 1 amide bonds. The summed E-state index contributed by atoms with van der Waals surface area (Å²) in [5.41, 5.74) is 1.60. The third-order valence-corrected chi connectivity index (χ3v) is 8.37. The molecule has 2 aromatic rings. The monoisotopic (exact) mass is 454 g/mol. The Morgan fingerprint density at radius 1 is 1.04 bits per heavy atom. The molecule has 2 aromatic carbocycles. The number of carbonyl (C=O) groups excluding carboxylic acids is 1. The van der Waals surface area contributed by atoms with Crippen LogP contribution >= 0.6 is 35.0 Å². The minimum absolute atomic E-state index is 0.0533. The van der Waals surface area contributed by atoms with E-state index in [0.29, 0.717) is 15.2 Å². The Bertz CT molecular complexity index is 1040. The third-order valence-electron chi connectivity index (χ3n) is 4.66. The van der Waals surface area contributed by atoms with E-state index >= 15 is 0 Å². The number of thioether (sulfide) groups is 1. The van der Waals surface area contributed by atoms with Crippen LogP contribution in [-0.2, 0) is 21.1 Å². The lowest BCUT2D eigenvalue weighted by atomic mass is 10.1. The summed E-state index contributed by atoms with van der Waals surface area (Å²) in [6, 6.07) is 13.9. The van der Waals surface area contributed by atoms with Crippen LogP contribution < -0.4 is 4.90 Å². The smallest absolute Gasteiger partial charge is 0.252 e. The lowest BCUT2D eigenvalue weighted by Gasteiger charge is -2.24. The molecule has 0 N–H and O–H groups in total. The minimum atomic E-state index is -3.10. The molecular formula is C19H16Cl2N2O3S2. The van der Waals surface area contributed by atoms with Crippen LogP contribution in [0.15, 0.2) is 53.5 Å². The number of sulfone groups is 1. The van der Waals surface area contributed by atoms with Gasteiger partial charge in [0, 0.05) is 21.0 Å². The van der Waals surface area contributed by atoms with Crippen LogP contribution in [0.25, 0.3) is 0 Å². The molecule has 2 aliphatic heterocycles. The fraction of sp³-hybridized carbons (Fsp3) is 0.263. The molecule has 2 atom stereocenters. The van der Waals surface area contributed by atoms with Gasteiger partial charge in [0.15, 0.2) is 15.0 Å². The highest BCUT2D eigenvalue weighted by atomic mass is 35.5. The fourth-order valence-corrected chi connectivity index (χ4v) is 7.57. The number of aliphatic imine (C=N–C) groups is 1. The van der Waals surface area contributed by atoms with Gasteiger partial charge in [-0.15, -0.1) is 0 Å². The van der Waals surface area contributed by atoms with Gasteiger partial charge in [-0.2, -0.15) is 4.99 Å². The first-order valence-electron chi connectivity index (χ1n) is 8.58. The summed E-state index contributed by atoms with van der Waals surface area (Å²) in [5.74, 6) is -0.138. The first kappa shape index (κ1) is 19.8. The number of amides is 1. The number of halogens is 2. The Morgan fingerprint density at radius 2 is 1.64 bits per heavy atom. The molecular weight excluding hydrogens is 439 g/mol. The molecule has 0 saturated carbocycles. The predicted molar refractivity (Wildman–Crippen MR) is 115 cm³/mol. The van der Waals surface area contributed by atoms with E-state index in [1.807, 2.05) is 17.0 Å². The van der Waals surface area contributed by atoms with Crippen molar-refractivity contribution in [1.82, 2.24) is 0 Å². The van der Waals surface area contributed by atoms with Gasteiger partial charge in [-0.25, -0.2) is 8.42 Å². The van der Waals surface area contributed by atoms with Crippen LogP contribution in [0.4, 0.5) is 5.69 Å². The Balaban J connectivity index is 1.62. The maximum Gasteiger partial charge on any atom is 0.252 e. The molecule has 2 heterocycles. The van der Waals surface area contributed by atoms with Crippen LogP contribution in [0.2, 0.25) is 10.0 Å². The van der Waals surface area contributed by atoms with Gasteiger partial charge in [-0.05, 0) is 42.0 Å². The van der Waals surface area contributed by atoms with E-state index in [0.717, 1.165) is 11.3 Å². The molecule has 0 aromatic heterocycles. The Morgan fingerprint density at radius 3 is 2.29 bits per heavy atom. The Kier molecular flexibility index (Phi) is 5.44. The number of fused-ring (bicyclic) bond motifs is 1. The van der Waals surface area contributed by atoms with E-state index in [1.165, 1.54) is 11.8 Å². The van der Waals surface area contributed by atoms with Crippen LogP contribution in [0, 0.1) is 0 Å². The SMILES string of the molecule is O=C(Cc1ccc(Cl)cc1)N=C1S[C@@H]2CS(=O)(=O)C[C@@H]2N1c1ccc(Cl)cc1. The van der Waals surface area contributed by atoms with Gasteiger partial charge in [0.1, 0.15) is 0 Å². The highest BCUT2D eigenvalue weighted by molar-refractivity contribution is 8.16. The number of carbonyl (C=O) groups is 1. The van der Waals surface area contributed by atoms with Gasteiger partial charge in [0.25, 0.3) is 5.91 Å². The van der Waals surface area contributed by atoms with Crippen LogP contribution in [0.5, 0.6) is 0 Å². The maximum atomic E-state index is 12.5. The highest BCUT2D eigenvalue weighted by Crippen LogP contribution is 2.41. The zero-order chi connectivity index (χ0) is 19.9. The topological polar surface area (TPSA) is 66.8 Å². The first-order chi connectivity index (χ1) is 13.3. The molecule has 4 rings (SSSR count). The van der Waals surface area contributed by atoms with Crippen LogP contribution in [-0.4, -0.2) is 42.3 Å². The van der Waals surface area contributed by atoms with E-state index in [2.05, 4.69) is 4.99 Å².